The van der Waals surface area contributed by atoms with Crippen LogP contribution in [0.5, 0.6) is 11.5 Å². The Morgan fingerprint density at radius 2 is 1.89 bits per heavy atom. The first-order chi connectivity index (χ1) is 17.0. The third-order valence-corrected chi connectivity index (χ3v) is 6.37. The van der Waals surface area contributed by atoms with E-state index in [1.54, 1.807) is 16.7 Å². The molecular formula is C25H21N3O7. The molecule has 0 amide bonds. The van der Waals surface area contributed by atoms with Crippen LogP contribution in [0, 0.1) is 20.7 Å². The van der Waals surface area contributed by atoms with Crippen LogP contribution in [0.2, 0.25) is 0 Å². The molecule has 4 aliphatic rings. The van der Waals surface area contributed by atoms with Crippen molar-refractivity contribution in [2.24, 2.45) is 0 Å². The lowest BCUT2D eigenvalue weighted by Crippen LogP contribution is -2.33. The summed E-state index contributed by atoms with van der Waals surface area (Å²) >= 11 is 0. The normalized spacial score (nSPS) is 14.1. The maximum atomic E-state index is 13.2. The maximum absolute atomic E-state index is 13.2. The summed E-state index contributed by atoms with van der Waals surface area (Å²) in [5, 5.41) is 16.9. The average molecular weight is 475 g/mol. The molecule has 2 heterocycles. The van der Waals surface area contributed by atoms with E-state index in [2.05, 4.69) is 12.2 Å². The van der Waals surface area contributed by atoms with Crippen LogP contribution in [-0.2, 0) is 16.1 Å². The SMILES string of the molecule is CCCNCCCn1c(=C=O)c2c(c3c(=C=O)c4cc5c(cc4c1=3)OCO5)C(=O)CC([N+](=O)[O-])=C2. The number of Topliss-reactive ketones (excluding diaryl/α,β-unsaturated/α-hetero) is 1. The van der Waals surface area contributed by atoms with Crippen LogP contribution in [-0.4, -0.2) is 47.0 Å². The van der Waals surface area contributed by atoms with Gasteiger partial charge >= 0.3 is 0 Å². The first-order valence-corrected chi connectivity index (χ1v) is 11.3. The number of rotatable bonds is 7. The van der Waals surface area contributed by atoms with Crippen molar-refractivity contribution in [1.29, 1.82) is 0 Å². The molecule has 178 valence electrons. The molecule has 0 radical (unpaired) electrons. The molecule has 10 heteroatoms. The van der Waals surface area contributed by atoms with Gasteiger partial charge in [0.25, 0.3) is 5.70 Å². The molecule has 2 aliphatic carbocycles. The lowest BCUT2D eigenvalue weighted by atomic mass is 9.92. The summed E-state index contributed by atoms with van der Waals surface area (Å²) < 4.78 is 12.7. The van der Waals surface area contributed by atoms with Crippen molar-refractivity contribution in [1.82, 2.24) is 9.88 Å². The Labute approximate surface area is 197 Å². The summed E-state index contributed by atoms with van der Waals surface area (Å²) in [6.07, 6.45) is 2.39. The van der Waals surface area contributed by atoms with E-state index in [0.29, 0.717) is 52.3 Å². The lowest BCUT2D eigenvalue weighted by molar-refractivity contribution is -0.424. The Kier molecular flexibility index (Phi) is 5.70. The van der Waals surface area contributed by atoms with E-state index in [4.69, 9.17) is 9.47 Å². The van der Waals surface area contributed by atoms with E-state index >= 15 is 0 Å². The Morgan fingerprint density at radius 1 is 1.14 bits per heavy atom. The van der Waals surface area contributed by atoms with Crippen LogP contribution in [0.3, 0.4) is 0 Å². The van der Waals surface area contributed by atoms with Gasteiger partial charge in [0, 0.05) is 39.7 Å². The molecule has 1 N–H and O–H groups in total. The third-order valence-electron chi connectivity index (χ3n) is 6.37. The Bertz CT molecular complexity index is 1670. The molecule has 1 aromatic rings. The molecule has 0 saturated carbocycles. The fourth-order valence-corrected chi connectivity index (χ4v) is 4.89. The zero-order valence-corrected chi connectivity index (χ0v) is 18.9. The molecule has 0 bridgehead atoms. The molecular weight excluding hydrogens is 454 g/mol. The minimum absolute atomic E-state index is 0.0254. The summed E-state index contributed by atoms with van der Waals surface area (Å²) in [6.45, 7) is 3.96. The van der Waals surface area contributed by atoms with E-state index in [1.807, 2.05) is 11.9 Å². The largest absolute Gasteiger partial charge is 0.454 e. The Balaban J connectivity index is 1.93. The predicted molar refractivity (Wildman–Crippen MR) is 124 cm³/mol. The predicted octanol–water partition coefficient (Wildman–Crippen LogP) is 0.695. The molecule has 0 fully saturated rings. The first kappa shape index (κ1) is 22.6. The van der Waals surface area contributed by atoms with Crippen molar-refractivity contribution < 1.29 is 28.8 Å². The van der Waals surface area contributed by atoms with Gasteiger partial charge in [-0.15, -0.1) is 0 Å². The van der Waals surface area contributed by atoms with Gasteiger partial charge in [0.15, 0.2) is 23.2 Å². The number of allylic oxidation sites excluding steroid dienone is 1. The smallest absolute Gasteiger partial charge is 0.254 e. The van der Waals surface area contributed by atoms with Crippen LogP contribution in [0.25, 0.3) is 16.8 Å². The number of hydrogen-bond donors (Lipinski definition) is 1. The number of aromatic nitrogens is 1. The summed E-state index contributed by atoms with van der Waals surface area (Å²) in [7, 11) is 0. The van der Waals surface area contributed by atoms with E-state index in [0.717, 1.165) is 13.0 Å². The minimum Gasteiger partial charge on any atom is -0.454 e. The van der Waals surface area contributed by atoms with E-state index in [9.17, 15) is 24.5 Å². The van der Waals surface area contributed by atoms with Crippen molar-refractivity contribution in [3.63, 3.8) is 0 Å². The number of nitrogens with one attached hydrogen (secondary N) is 1. The number of carbonyl (C=O) groups is 1. The number of carbonyl (C=O) groups excluding carboxylic acids is 3. The summed E-state index contributed by atoms with van der Waals surface area (Å²) in [5.74, 6) is 4.27. The van der Waals surface area contributed by atoms with Crippen molar-refractivity contribution in [2.75, 3.05) is 19.9 Å². The van der Waals surface area contributed by atoms with E-state index in [1.165, 1.54) is 6.08 Å². The number of nitrogens with zero attached hydrogens (tertiary/aromatic N) is 2. The summed E-state index contributed by atoms with van der Waals surface area (Å²) in [6, 6.07) is 3.38. The zero-order valence-electron chi connectivity index (χ0n) is 18.9. The Morgan fingerprint density at radius 3 is 2.54 bits per heavy atom. The second-order valence-corrected chi connectivity index (χ2v) is 8.44. The highest BCUT2D eigenvalue weighted by Gasteiger charge is 2.31. The van der Waals surface area contributed by atoms with Crippen LogP contribution in [0.4, 0.5) is 0 Å². The molecule has 5 rings (SSSR count). The van der Waals surface area contributed by atoms with Crippen LogP contribution in [0.1, 0.15) is 42.1 Å². The second kappa shape index (κ2) is 8.85. The number of ether oxygens (including phenoxy) is 2. The van der Waals surface area contributed by atoms with Gasteiger partial charge in [-0.25, -0.2) is 9.59 Å². The standard InChI is InChI=1S/C25H21N3O7/c1-2-4-26-5-3-6-27-19(12-30)17-7-14(28(32)33)8-20(31)23(17)24-18(11-29)15-9-21-22(35-13-34-21)10-16(15)25(24)27/h7,9-10,26H,2-6,8,13H2,1H3. The topological polar surface area (TPSA) is 130 Å². The number of benzene rings is 1. The highest BCUT2D eigenvalue weighted by molar-refractivity contribution is 6.05. The quantitative estimate of drug-likeness (QED) is 0.300. The lowest BCUT2D eigenvalue weighted by Gasteiger charge is -2.16. The molecule has 10 nitrogen and oxygen atoms in total. The summed E-state index contributed by atoms with van der Waals surface area (Å²) in [4.78, 5) is 48.6. The zero-order chi connectivity index (χ0) is 24.7. The second-order valence-electron chi connectivity index (χ2n) is 8.44. The van der Waals surface area contributed by atoms with E-state index < -0.39 is 17.1 Å². The number of hydrogen-bond acceptors (Lipinski definition) is 8. The van der Waals surface area contributed by atoms with Crippen LogP contribution >= 0.6 is 0 Å². The fourth-order valence-electron chi connectivity index (χ4n) is 4.89. The van der Waals surface area contributed by atoms with Gasteiger partial charge in [-0.2, -0.15) is 0 Å². The molecule has 0 saturated heterocycles. The van der Waals surface area contributed by atoms with Crippen LogP contribution < -0.4 is 25.4 Å². The van der Waals surface area contributed by atoms with Crippen molar-refractivity contribution >= 4 is 34.5 Å². The number of nitro groups is 1. The molecule has 0 aromatic heterocycles. The molecule has 35 heavy (non-hydrogen) atoms. The van der Waals surface area contributed by atoms with E-state index in [-0.39, 0.29) is 34.2 Å². The van der Waals surface area contributed by atoms with Gasteiger partial charge in [0.2, 0.25) is 6.79 Å². The highest BCUT2D eigenvalue weighted by Crippen LogP contribution is 2.36. The molecule has 0 atom stereocenters. The molecule has 1 aromatic carbocycles. The van der Waals surface area contributed by atoms with Crippen molar-refractivity contribution in [3.05, 3.63) is 60.2 Å². The maximum Gasteiger partial charge on any atom is 0.254 e. The minimum atomic E-state index is -0.633. The van der Waals surface area contributed by atoms with Gasteiger partial charge in [-0.3, -0.25) is 14.9 Å². The highest BCUT2D eigenvalue weighted by atomic mass is 16.7. The molecule has 2 aliphatic heterocycles. The third kappa shape index (κ3) is 3.52. The van der Waals surface area contributed by atoms with Crippen molar-refractivity contribution in [2.45, 2.75) is 32.7 Å². The summed E-state index contributed by atoms with van der Waals surface area (Å²) in [5.41, 5.74) is -0.118. The fraction of sp³-hybridized carbons (Fsp3) is 0.320. The first-order valence-electron chi connectivity index (χ1n) is 11.3. The number of ketones is 1. The monoisotopic (exact) mass is 475 g/mol. The van der Waals surface area contributed by atoms with Gasteiger partial charge in [-0.1, -0.05) is 6.92 Å². The Hall–Kier alpha value is -4.23. The number of fused-ring (bicyclic) bond motifs is 5. The van der Waals surface area contributed by atoms with Gasteiger partial charge in [0.1, 0.15) is 17.7 Å². The van der Waals surface area contributed by atoms with Gasteiger partial charge in [-0.05, 0) is 38.1 Å². The van der Waals surface area contributed by atoms with Gasteiger partial charge < -0.3 is 19.4 Å². The van der Waals surface area contributed by atoms with Gasteiger partial charge in [0.05, 0.1) is 15.5 Å². The average Bonchev–Trinajstić information content (AvgIpc) is 3.43. The molecule has 0 unspecified atom stereocenters. The molecule has 0 spiro atoms. The van der Waals surface area contributed by atoms with Crippen molar-refractivity contribution in [3.8, 4) is 11.5 Å². The van der Waals surface area contributed by atoms with Crippen LogP contribution in [0.15, 0.2) is 17.8 Å².